The molecule has 0 fully saturated rings. The zero-order chi connectivity index (χ0) is 15.0. The van der Waals surface area contributed by atoms with Gasteiger partial charge in [0.15, 0.2) is 5.15 Å². The summed E-state index contributed by atoms with van der Waals surface area (Å²) in [6, 6.07) is 15.7. The third-order valence-corrected chi connectivity index (χ3v) is 4.44. The maximum Gasteiger partial charge on any atom is 0.154 e. The van der Waals surface area contributed by atoms with E-state index >= 15 is 0 Å². The minimum Gasteiger partial charge on any atom is -0.341 e. The highest BCUT2D eigenvalue weighted by atomic mass is 79.9. The fourth-order valence-corrected chi connectivity index (χ4v) is 3.31. The molecule has 0 unspecified atom stereocenters. The molecule has 0 saturated heterocycles. The standard InChI is InChI=1S/C16H11BrCl2N2/c1-21(11-5-3-2-4-6-11)15-14(18)12-9-10(17)7-8-13(12)20-16(15)19/h2-9H,1H3. The minimum absolute atomic E-state index is 0.390. The summed E-state index contributed by atoms with van der Waals surface area (Å²) in [4.78, 5) is 6.39. The van der Waals surface area contributed by atoms with Crippen molar-refractivity contribution in [2.75, 3.05) is 11.9 Å². The first-order valence-corrected chi connectivity index (χ1v) is 7.86. The van der Waals surface area contributed by atoms with E-state index < -0.39 is 0 Å². The van der Waals surface area contributed by atoms with Gasteiger partial charge in [0.1, 0.15) is 0 Å². The van der Waals surface area contributed by atoms with Crippen LogP contribution in [0, 0.1) is 0 Å². The summed E-state index contributed by atoms with van der Waals surface area (Å²) in [6.45, 7) is 0. The molecule has 0 atom stereocenters. The van der Waals surface area contributed by atoms with Crippen LogP contribution in [0.15, 0.2) is 53.0 Å². The normalized spacial score (nSPS) is 10.9. The quantitative estimate of drug-likeness (QED) is 0.500. The first-order chi connectivity index (χ1) is 10.1. The number of halogens is 3. The molecule has 2 aromatic carbocycles. The molecular weight excluding hydrogens is 371 g/mol. The van der Waals surface area contributed by atoms with Gasteiger partial charge in [-0.05, 0) is 30.3 Å². The zero-order valence-corrected chi connectivity index (χ0v) is 14.2. The van der Waals surface area contributed by atoms with Gasteiger partial charge in [-0.1, -0.05) is 57.3 Å². The lowest BCUT2D eigenvalue weighted by atomic mass is 10.2. The molecule has 0 amide bonds. The van der Waals surface area contributed by atoms with Crippen molar-refractivity contribution in [3.8, 4) is 0 Å². The largest absolute Gasteiger partial charge is 0.341 e. The Bertz CT molecular complexity index is 806. The summed E-state index contributed by atoms with van der Waals surface area (Å²) >= 11 is 16.4. The molecule has 2 nitrogen and oxygen atoms in total. The Kier molecular flexibility index (Phi) is 4.07. The number of nitrogens with zero attached hydrogens (tertiary/aromatic N) is 2. The third kappa shape index (κ3) is 2.73. The van der Waals surface area contributed by atoms with Gasteiger partial charge in [0.25, 0.3) is 0 Å². The number of anilines is 2. The molecule has 0 bridgehead atoms. The Morgan fingerprint density at radius 1 is 1.05 bits per heavy atom. The van der Waals surface area contributed by atoms with Crippen LogP contribution in [0.4, 0.5) is 11.4 Å². The van der Waals surface area contributed by atoms with Crippen LogP contribution in [0.25, 0.3) is 10.9 Å². The summed E-state index contributed by atoms with van der Waals surface area (Å²) < 4.78 is 0.953. The van der Waals surface area contributed by atoms with Crippen molar-refractivity contribution >= 4 is 61.4 Å². The van der Waals surface area contributed by atoms with Crippen LogP contribution in [-0.4, -0.2) is 12.0 Å². The van der Waals surface area contributed by atoms with Crippen LogP contribution in [-0.2, 0) is 0 Å². The van der Waals surface area contributed by atoms with E-state index in [-0.39, 0.29) is 0 Å². The van der Waals surface area contributed by atoms with E-state index in [2.05, 4.69) is 20.9 Å². The summed E-state index contributed by atoms with van der Waals surface area (Å²) in [5.41, 5.74) is 2.48. The second-order valence-corrected chi connectivity index (χ2v) is 6.27. The predicted molar refractivity (Wildman–Crippen MR) is 94.0 cm³/mol. The molecule has 1 aromatic heterocycles. The van der Waals surface area contributed by atoms with Gasteiger partial charge in [0.05, 0.1) is 16.2 Å². The zero-order valence-electron chi connectivity index (χ0n) is 11.1. The summed E-state index contributed by atoms with van der Waals surface area (Å²) in [7, 11) is 1.92. The van der Waals surface area contributed by atoms with Gasteiger partial charge in [-0.3, -0.25) is 0 Å². The Morgan fingerprint density at radius 2 is 1.76 bits per heavy atom. The highest BCUT2D eigenvalue weighted by Gasteiger charge is 2.17. The third-order valence-electron chi connectivity index (χ3n) is 3.30. The monoisotopic (exact) mass is 380 g/mol. The van der Waals surface area contributed by atoms with Gasteiger partial charge in [0, 0.05) is 22.6 Å². The van der Waals surface area contributed by atoms with Crippen molar-refractivity contribution < 1.29 is 0 Å². The van der Waals surface area contributed by atoms with Gasteiger partial charge in [-0.25, -0.2) is 4.98 Å². The molecule has 0 N–H and O–H groups in total. The Morgan fingerprint density at radius 3 is 2.48 bits per heavy atom. The number of aromatic nitrogens is 1. The second kappa shape index (κ2) is 5.84. The molecule has 0 saturated carbocycles. The summed E-state index contributed by atoms with van der Waals surface area (Å²) in [6.07, 6.45) is 0. The van der Waals surface area contributed by atoms with E-state index in [9.17, 15) is 0 Å². The molecule has 106 valence electrons. The lowest BCUT2D eigenvalue weighted by Crippen LogP contribution is -2.11. The fraction of sp³-hybridized carbons (Fsp3) is 0.0625. The molecule has 0 radical (unpaired) electrons. The molecule has 3 rings (SSSR count). The van der Waals surface area contributed by atoms with Crippen LogP contribution < -0.4 is 4.90 Å². The van der Waals surface area contributed by atoms with Crippen molar-refractivity contribution in [1.82, 2.24) is 4.98 Å². The number of hydrogen-bond acceptors (Lipinski definition) is 2. The lowest BCUT2D eigenvalue weighted by molar-refractivity contribution is 1.19. The van der Waals surface area contributed by atoms with Crippen LogP contribution in [0.1, 0.15) is 0 Å². The first kappa shape index (κ1) is 14.6. The minimum atomic E-state index is 0.390. The second-order valence-electron chi connectivity index (χ2n) is 4.62. The lowest BCUT2D eigenvalue weighted by Gasteiger charge is -2.22. The van der Waals surface area contributed by atoms with Gasteiger partial charge >= 0.3 is 0 Å². The fourth-order valence-electron chi connectivity index (χ4n) is 2.22. The Balaban J connectivity index is 2.23. The van der Waals surface area contributed by atoms with Crippen molar-refractivity contribution in [2.24, 2.45) is 0 Å². The van der Waals surface area contributed by atoms with E-state index in [1.165, 1.54) is 0 Å². The van der Waals surface area contributed by atoms with E-state index in [1.54, 1.807) is 0 Å². The molecule has 0 aliphatic heterocycles. The van der Waals surface area contributed by atoms with Gasteiger partial charge in [-0.15, -0.1) is 0 Å². The molecule has 0 aliphatic rings. The number of para-hydroxylation sites is 1. The summed E-state index contributed by atoms with van der Waals surface area (Å²) in [5, 5.41) is 1.85. The van der Waals surface area contributed by atoms with Crippen LogP contribution in [0.2, 0.25) is 10.2 Å². The molecule has 0 aliphatic carbocycles. The Hall–Kier alpha value is -1.29. The summed E-state index contributed by atoms with van der Waals surface area (Å²) in [5.74, 6) is 0. The van der Waals surface area contributed by atoms with Gasteiger partial charge in [0.2, 0.25) is 0 Å². The van der Waals surface area contributed by atoms with Gasteiger partial charge < -0.3 is 4.90 Å². The smallest absolute Gasteiger partial charge is 0.154 e. The van der Waals surface area contributed by atoms with E-state index in [0.29, 0.717) is 15.9 Å². The van der Waals surface area contributed by atoms with Crippen LogP contribution in [0.5, 0.6) is 0 Å². The van der Waals surface area contributed by atoms with E-state index in [1.807, 2.05) is 60.5 Å². The number of rotatable bonds is 2. The van der Waals surface area contributed by atoms with Crippen molar-refractivity contribution in [3.05, 3.63) is 63.2 Å². The maximum absolute atomic E-state index is 6.58. The molecule has 0 spiro atoms. The SMILES string of the molecule is CN(c1ccccc1)c1c(Cl)nc2ccc(Br)cc2c1Cl. The first-order valence-electron chi connectivity index (χ1n) is 6.31. The molecule has 5 heteroatoms. The van der Waals surface area contributed by atoms with Crippen molar-refractivity contribution in [3.63, 3.8) is 0 Å². The average Bonchev–Trinajstić information content (AvgIpc) is 2.49. The van der Waals surface area contributed by atoms with Crippen LogP contribution in [0.3, 0.4) is 0 Å². The number of hydrogen-bond donors (Lipinski definition) is 0. The predicted octanol–water partition coefficient (Wildman–Crippen LogP) is 6.07. The van der Waals surface area contributed by atoms with Crippen LogP contribution >= 0.6 is 39.1 Å². The van der Waals surface area contributed by atoms with E-state index in [0.717, 1.165) is 21.1 Å². The highest BCUT2D eigenvalue weighted by Crippen LogP contribution is 2.40. The maximum atomic E-state index is 6.58. The molecule has 1 heterocycles. The number of fused-ring (bicyclic) bond motifs is 1. The highest BCUT2D eigenvalue weighted by molar-refractivity contribution is 9.10. The Labute approximate surface area is 141 Å². The van der Waals surface area contributed by atoms with Crippen molar-refractivity contribution in [1.29, 1.82) is 0 Å². The molecular formula is C16H11BrCl2N2. The topological polar surface area (TPSA) is 16.1 Å². The van der Waals surface area contributed by atoms with E-state index in [4.69, 9.17) is 23.2 Å². The molecule has 21 heavy (non-hydrogen) atoms. The number of benzene rings is 2. The average molecular weight is 382 g/mol. The number of pyridine rings is 1. The van der Waals surface area contributed by atoms with Gasteiger partial charge in [-0.2, -0.15) is 0 Å². The molecule has 3 aromatic rings. The van der Waals surface area contributed by atoms with Crippen molar-refractivity contribution in [2.45, 2.75) is 0 Å².